The molecule has 0 aromatic heterocycles. The molecule has 1 aromatic carbocycles. The zero-order valence-corrected chi connectivity index (χ0v) is 9.35. The fraction of sp³-hybridized carbons (Fsp3) is 0.300. The van der Waals surface area contributed by atoms with Gasteiger partial charge in [-0.1, -0.05) is 6.07 Å². The summed E-state index contributed by atoms with van der Waals surface area (Å²) in [5, 5.41) is -3.98. The Morgan fingerprint density at radius 1 is 1.25 bits per heavy atom. The highest BCUT2D eigenvalue weighted by molar-refractivity contribution is 6.36. The van der Waals surface area contributed by atoms with Gasteiger partial charge in [-0.25, -0.2) is 0 Å². The van der Waals surface area contributed by atoms with Crippen LogP contribution in [0.25, 0.3) is 0 Å². The predicted molar refractivity (Wildman–Crippen MR) is 54.7 cm³/mol. The lowest BCUT2D eigenvalue weighted by molar-refractivity contribution is 0.0529. The fourth-order valence-corrected chi connectivity index (χ4v) is 1.31. The molecular formula is C10H9ClF2O3. The number of ketones is 1. The van der Waals surface area contributed by atoms with E-state index in [-0.39, 0.29) is 17.1 Å². The molecule has 0 aliphatic heterocycles. The van der Waals surface area contributed by atoms with Gasteiger partial charge in [0.15, 0.2) is 0 Å². The Morgan fingerprint density at radius 3 is 2.00 bits per heavy atom. The summed E-state index contributed by atoms with van der Waals surface area (Å²) >= 11 is 4.68. The molecule has 0 spiro atoms. The molecule has 88 valence electrons. The SMILES string of the molecule is COc1cccc(OC)c1C(=O)C(F)(F)Cl. The maximum Gasteiger partial charge on any atom is 0.385 e. The molecule has 0 aliphatic rings. The van der Waals surface area contributed by atoms with Gasteiger partial charge in [-0.3, -0.25) is 4.79 Å². The lowest BCUT2D eigenvalue weighted by atomic mass is 10.1. The average molecular weight is 251 g/mol. The summed E-state index contributed by atoms with van der Waals surface area (Å²) in [6.07, 6.45) is 0. The van der Waals surface area contributed by atoms with Crippen molar-refractivity contribution in [3.8, 4) is 11.5 Å². The molecule has 0 saturated carbocycles. The minimum absolute atomic E-state index is 0.00956. The molecule has 0 atom stereocenters. The van der Waals surface area contributed by atoms with Crippen LogP contribution in [0.5, 0.6) is 11.5 Å². The first kappa shape index (κ1) is 12.7. The van der Waals surface area contributed by atoms with E-state index in [1.807, 2.05) is 0 Å². The number of hydrogen-bond acceptors (Lipinski definition) is 3. The van der Waals surface area contributed by atoms with E-state index in [1.54, 1.807) is 0 Å². The lowest BCUT2D eigenvalue weighted by Crippen LogP contribution is -2.22. The van der Waals surface area contributed by atoms with Crippen molar-refractivity contribution < 1.29 is 23.0 Å². The summed E-state index contributed by atoms with van der Waals surface area (Å²) in [5.41, 5.74) is -0.368. The van der Waals surface area contributed by atoms with Crippen LogP contribution < -0.4 is 9.47 Å². The Morgan fingerprint density at radius 2 is 1.69 bits per heavy atom. The maximum absolute atomic E-state index is 12.7. The molecule has 0 bridgehead atoms. The molecule has 6 heteroatoms. The number of halogens is 3. The summed E-state index contributed by atoms with van der Waals surface area (Å²) in [4.78, 5) is 11.4. The van der Waals surface area contributed by atoms with Crippen molar-refractivity contribution in [1.82, 2.24) is 0 Å². The summed E-state index contributed by atoms with van der Waals surface area (Å²) < 4.78 is 35.1. The highest BCUT2D eigenvalue weighted by Gasteiger charge is 2.40. The maximum atomic E-state index is 12.7. The van der Waals surface area contributed by atoms with Crippen molar-refractivity contribution in [2.24, 2.45) is 0 Å². The topological polar surface area (TPSA) is 35.5 Å². The number of alkyl halides is 3. The standard InChI is InChI=1S/C10H9ClF2O3/c1-15-6-4-3-5-7(16-2)8(6)9(14)10(11,12)13/h3-5H,1-2H3. The van der Waals surface area contributed by atoms with Crippen molar-refractivity contribution in [2.75, 3.05) is 14.2 Å². The van der Waals surface area contributed by atoms with Gasteiger partial charge in [0.1, 0.15) is 17.1 Å². The fourth-order valence-electron chi connectivity index (χ4n) is 1.22. The van der Waals surface area contributed by atoms with Gasteiger partial charge in [0.2, 0.25) is 0 Å². The Kier molecular flexibility index (Phi) is 3.70. The minimum atomic E-state index is -3.98. The molecule has 0 saturated heterocycles. The number of rotatable bonds is 4. The van der Waals surface area contributed by atoms with E-state index in [0.29, 0.717) is 0 Å². The zero-order chi connectivity index (χ0) is 12.3. The predicted octanol–water partition coefficient (Wildman–Crippen LogP) is 2.72. The van der Waals surface area contributed by atoms with Crippen LogP contribution >= 0.6 is 11.6 Å². The van der Waals surface area contributed by atoms with E-state index in [0.717, 1.165) is 0 Å². The van der Waals surface area contributed by atoms with Crippen LogP contribution in [0, 0.1) is 0 Å². The van der Waals surface area contributed by atoms with Crippen LogP contribution in [0.3, 0.4) is 0 Å². The summed E-state index contributed by atoms with van der Waals surface area (Å²) in [7, 11) is 2.52. The number of methoxy groups -OCH3 is 2. The van der Waals surface area contributed by atoms with E-state index in [9.17, 15) is 13.6 Å². The quantitative estimate of drug-likeness (QED) is 0.609. The molecule has 0 unspecified atom stereocenters. The van der Waals surface area contributed by atoms with Crippen LogP contribution in [0.4, 0.5) is 8.78 Å². The molecule has 0 fully saturated rings. The van der Waals surface area contributed by atoms with Crippen molar-refractivity contribution in [2.45, 2.75) is 5.38 Å². The first-order valence-corrected chi connectivity index (χ1v) is 4.62. The molecular weight excluding hydrogens is 242 g/mol. The second kappa shape index (κ2) is 4.65. The lowest BCUT2D eigenvalue weighted by Gasteiger charge is -2.13. The third-order valence-corrected chi connectivity index (χ3v) is 2.08. The molecule has 0 heterocycles. The first-order chi connectivity index (χ1) is 7.41. The normalized spacial score (nSPS) is 11.1. The molecule has 16 heavy (non-hydrogen) atoms. The first-order valence-electron chi connectivity index (χ1n) is 4.24. The van der Waals surface area contributed by atoms with Gasteiger partial charge < -0.3 is 9.47 Å². The summed E-state index contributed by atoms with van der Waals surface area (Å²) in [6.45, 7) is 0. The largest absolute Gasteiger partial charge is 0.496 e. The van der Waals surface area contributed by atoms with Crippen LogP contribution in [0.1, 0.15) is 10.4 Å². The summed E-state index contributed by atoms with van der Waals surface area (Å²) in [5.74, 6) is -1.57. The molecule has 3 nitrogen and oxygen atoms in total. The Labute approximate surface area is 95.9 Å². The van der Waals surface area contributed by atoms with E-state index < -0.39 is 11.2 Å². The Hall–Kier alpha value is -1.36. The number of carbonyl (C=O) groups excluding carboxylic acids is 1. The molecule has 1 aromatic rings. The van der Waals surface area contributed by atoms with E-state index in [2.05, 4.69) is 11.6 Å². The Balaban J connectivity index is 3.34. The highest BCUT2D eigenvalue weighted by atomic mass is 35.5. The summed E-state index contributed by atoms with van der Waals surface area (Å²) in [6, 6.07) is 4.26. The number of Topliss-reactive ketones (excluding diaryl/α,β-unsaturated/α-hetero) is 1. The van der Waals surface area contributed by atoms with Crippen molar-refractivity contribution >= 4 is 17.4 Å². The van der Waals surface area contributed by atoms with Crippen molar-refractivity contribution in [3.63, 3.8) is 0 Å². The van der Waals surface area contributed by atoms with Gasteiger partial charge in [-0.15, -0.1) is 0 Å². The number of carbonyl (C=O) groups is 1. The number of hydrogen-bond donors (Lipinski definition) is 0. The van der Waals surface area contributed by atoms with Crippen molar-refractivity contribution in [3.05, 3.63) is 23.8 Å². The Bertz CT molecular complexity index is 379. The van der Waals surface area contributed by atoms with Gasteiger partial charge in [0, 0.05) is 0 Å². The third-order valence-electron chi connectivity index (χ3n) is 1.91. The molecule has 0 N–H and O–H groups in total. The second-order valence-corrected chi connectivity index (χ2v) is 3.34. The van der Waals surface area contributed by atoms with Crippen LogP contribution in [0.2, 0.25) is 0 Å². The highest BCUT2D eigenvalue weighted by Crippen LogP contribution is 2.35. The van der Waals surface area contributed by atoms with Gasteiger partial charge in [0.05, 0.1) is 14.2 Å². The van der Waals surface area contributed by atoms with Crippen LogP contribution in [0.15, 0.2) is 18.2 Å². The molecule has 0 aliphatic carbocycles. The minimum Gasteiger partial charge on any atom is -0.496 e. The van der Waals surface area contributed by atoms with Gasteiger partial charge >= 0.3 is 5.38 Å². The monoisotopic (exact) mass is 250 g/mol. The number of benzene rings is 1. The van der Waals surface area contributed by atoms with Crippen molar-refractivity contribution in [1.29, 1.82) is 0 Å². The third kappa shape index (κ3) is 2.41. The molecule has 0 amide bonds. The van der Waals surface area contributed by atoms with E-state index in [1.165, 1.54) is 32.4 Å². The molecule has 1 rings (SSSR count). The smallest absolute Gasteiger partial charge is 0.385 e. The molecule has 0 radical (unpaired) electrons. The number of ether oxygens (including phenoxy) is 2. The van der Waals surface area contributed by atoms with Gasteiger partial charge in [-0.05, 0) is 23.7 Å². The van der Waals surface area contributed by atoms with E-state index >= 15 is 0 Å². The van der Waals surface area contributed by atoms with Gasteiger partial charge in [-0.2, -0.15) is 8.78 Å². The van der Waals surface area contributed by atoms with Crippen LogP contribution in [-0.2, 0) is 0 Å². The zero-order valence-electron chi connectivity index (χ0n) is 8.59. The van der Waals surface area contributed by atoms with Crippen LogP contribution in [-0.4, -0.2) is 25.4 Å². The average Bonchev–Trinajstić information content (AvgIpc) is 2.25. The van der Waals surface area contributed by atoms with Gasteiger partial charge in [0.25, 0.3) is 5.78 Å². The second-order valence-electron chi connectivity index (χ2n) is 2.86. The van der Waals surface area contributed by atoms with E-state index in [4.69, 9.17) is 9.47 Å².